The molecule has 0 bridgehead atoms. The van der Waals surface area contributed by atoms with Gasteiger partial charge in [0.1, 0.15) is 12.7 Å². The van der Waals surface area contributed by atoms with Crippen LogP contribution in [-0.4, -0.2) is 6.61 Å². The third-order valence-corrected chi connectivity index (χ3v) is 2.18. The second kappa shape index (κ2) is 11.4. The molecule has 0 aromatic heterocycles. The number of hydrogen-bond acceptors (Lipinski definition) is 1. The topological polar surface area (TPSA) is 9.23 Å². The fourth-order valence-corrected chi connectivity index (χ4v) is 1.37. The van der Waals surface area contributed by atoms with Crippen LogP contribution in [0.1, 0.15) is 58.3 Å². The maximum atomic E-state index is 4.95. The van der Waals surface area contributed by atoms with E-state index in [1.807, 2.05) is 0 Å². The van der Waals surface area contributed by atoms with Crippen molar-refractivity contribution in [3.63, 3.8) is 0 Å². The van der Waals surface area contributed by atoms with E-state index in [2.05, 4.69) is 13.0 Å². The Kier molecular flexibility index (Phi) is 10.8. The Morgan fingerprint density at radius 2 is 1.46 bits per heavy atom. The van der Waals surface area contributed by atoms with Gasteiger partial charge in [0, 0.05) is 0 Å². The lowest BCUT2D eigenvalue weighted by Gasteiger charge is -2.00. The predicted molar refractivity (Wildman–Crippen MR) is 57.4 cm³/mol. The first-order valence-corrected chi connectivity index (χ1v) is 5.49. The van der Waals surface area contributed by atoms with Gasteiger partial charge in [-0.1, -0.05) is 58.3 Å². The molecule has 0 rings (SSSR count). The van der Waals surface area contributed by atoms with E-state index in [9.17, 15) is 0 Å². The SMILES string of the molecule is C#COCCCCCCCCCC. The first-order chi connectivity index (χ1) is 6.41. The highest BCUT2D eigenvalue weighted by atomic mass is 16.5. The number of unbranched alkanes of at least 4 members (excludes halogenated alkanes) is 7. The van der Waals surface area contributed by atoms with E-state index in [0.717, 1.165) is 13.0 Å². The smallest absolute Gasteiger partial charge is 0.106 e. The summed E-state index contributed by atoms with van der Waals surface area (Å²) in [6.45, 7) is 2.97. The van der Waals surface area contributed by atoms with Crippen LogP contribution in [0.2, 0.25) is 0 Å². The molecule has 0 aromatic carbocycles. The van der Waals surface area contributed by atoms with Crippen LogP contribution in [0.4, 0.5) is 0 Å². The van der Waals surface area contributed by atoms with Crippen LogP contribution in [0.3, 0.4) is 0 Å². The number of hydrogen-bond donors (Lipinski definition) is 0. The molecule has 0 aromatic rings. The molecule has 0 spiro atoms. The van der Waals surface area contributed by atoms with E-state index in [4.69, 9.17) is 11.2 Å². The van der Waals surface area contributed by atoms with E-state index in [1.165, 1.54) is 44.9 Å². The Labute approximate surface area is 82.9 Å². The molecule has 0 amide bonds. The van der Waals surface area contributed by atoms with E-state index < -0.39 is 0 Å². The molecule has 0 saturated heterocycles. The second-order valence-electron chi connectivity index (χ2n) is 3.44. The molecular weight excluding hydrogens is 160 g/mol. The Morgan fingerprint density at radius 1 is 0.923 bits per heavy atom. The predicted octanol–water partition coefficient (Wildman–Crippen LogP) is 3.73. The van der Waals surface area contributed by atoms with Gasteiger partial charge in [0.2, 0.25) is 0 Å². The van der Waals surface area contributed by atoms with Crippen LogP contribution in [-0.2, 0) is 4.74 Å². The molecule has 0 fully saturated rings. The molecule has 1 nitrogen and oxygen atoms in total. The van der Waals surface area contributed by atoms with Gasteiger partial charge >= 0.3 is 0 Å². The molecule has 0 atom stereocenters. The molecule has 0 aliphatic carbocycles. The van der Waals surface area contributed by atoms with Crippen molar-refractivity contribution < 1.29 is 4.74 Å². The Hall–Kier alpha value is -0.640. The molecule has 0 heterocycles. The third-order valence-electron chi connectivity index (χ3n) is 2.18. The van der Waals surface area contributed by atoms with Gasteiger partial charge in [-0.2, -0.15) is 0 Å². The van der Waals surface area contributed by atoms with Gasteiger partial charge in [-0.15, -0.1) is 0 Å². The molecule has 0 aliphatic rings. The molecule has 0 unspecified atom stereocenters. The molecule has 76 valence electrons. The minimum atomic E-state index is 0.728. The fraction of sp³-hybridized carbons (Fsp3) is 0.833. The summed E-state index contributed by atoms with van der Waals surface area (Å²) >= 11 is 0. The normalized spacial score (nSPS) is 9.54. The maximum Gasteiger partial charge on any atom is 0.106 e. The van der Waals surface area contributed by atoms with Gasteiger partial charge in [0.15, 0.2) is 0 Å². The average molecular weight is 182 g/mol. The fourth-order valence-electron chi connectivity index (χ4n) is 1.37. The monoisotopic (exact) mass is 182 g/mol. The molecular formula is C12H22O. The highest BCUT2D eigenvalue weighted by Crippen LogP contribution is 2.08. The standard InChI is InChI=1S/C12H22O/c1-3-5-6-7-8-9-10-11-12-13-4-2/h2H,3,5-12H2,1H3. The lowest BCUT2D eigenvalue weighted by molar-refractivity contribution is 0.267. The summed E-state index contributed by atoms with van der Waals surface area (Å²) in [7, 11) is 0. The Balaban J connectivity index is 2.80. The van der Waals surface area contributed by atoms with Crippen LogP contribution in [0.15, 0.2) is 0 Å². The molecule has 0 N–H and O–H groups in total. The van der Waals surface area contributed by atoms with Crippen molar-refractivity contribution in [1.82, 2.24) is 0 Å². The van der Waals surface area contributed by atoms with Gasteiger partial charge in [0.25, 0.3) is 0 Å². The third kappa shape index (κ3) is 11.4. The molecule has 0 radical (unpaired) electrons. The lowest BCUT2D eigenvalue weighted by Crippen LogP contribution is -1.87. The van der Waals surface area contributed by atoms with E-state index in [-0.39, 0.29) is 0 Å². The van der Waals surface area contributed by atoms with Gasteiger partial charge in [-0.05, 0) is 6.42 Å². The van der Waals surface area contributed by atoms with E-state index in [1.54, 1.807) is 0 Å². The summed E-state index contributed by atoms with van der Waals surface area (Å²) in [5.74, 6) is 0. The molecule has 0 aliphatic heterocycles. The molecule has 1 heteroatoms. The zero-order chi connectivity index (χ0) is 9.78. The van der Waals surface area contributed by atoms with Crippen molar-refractivity contribution in [2.24, 2.45) is 0 Å². The van der Waals surface area contributed by atoms with Crippen LogP contribution < -0.4 is 0 Å². The maximum absolute atomic E-state index is 4.95. The molecule has 13 heavy (non-hydrogen) atoms. The Bertz CT molecular complexity index is 124. The summed E-state index contributed by atoms with van der Waals surface area (Å²) in [5.41, 5.74) is 0. The van der Waals surface area contributed by atoms with Crippen molar-refractivity contribution in [3.8, 4) is 12.5 Å². The van der Waals surface area contributed by atoms with Crippen molar-refractivity contribution >= 4 is 0 Å². The van der Waals surface area contributed by atoms with Crippen molar-refractivity contribution in [3.05, 3.63) is 0 Å². The van der Waals surface area contributed by atoms with E-state index >= 15 is 0 Å². The quantitative estimate of drug-likeness (QED) is 0.390. The summed E-state index contributed by atoms with van der Waals surface area (Å²) in [6, 6.07) is 0. The zero-order valence-electron chi connectivity index (χ0n) is 8.85. The summed E-state index contributed by atoms with van der Waals surface area (Å²) in [4.78, 5) is 0. The first-order valence-electron chi connectivity index (χ1n) is 5.49. The van der Waals surface area contributed by atoms with Crippen LogP contribution >= 0.6 is 0 Å². The van der Waals surface area contributed by atoms with Crippen molar-refractivity contribution in [2.45, 2.75) is 58.3 Å². The van der Waals surface area contributed by atoms with Crippen LogP contribution in [0, 0.1) is 12.5 Å². The highest BCUT2D eigenvalue weighted by molar-refractivity contribution is 4.67. The van der Waals surface area contributed by atoms with Gasteiger partial charge < -0.3 is 4.74 Å². The summed E-state index contributed by atoms with van der Waals surface area (Å²) < 4.78 is 4.81. The largest absolute Gasteiger partial charge is 0.447 e. The lowest BCUT2D eigenvalue weighted by atomic mass is 10.1. The van der Waals surface area contributed by atoms with Crippen molar-refractivity contribution in [2.75, 3.05) is 6.61 Å². The zero-order valence-corrected chi connectivity index (χ0v) is 8.85. The summed E-state index contributed by atoms with van der Waals surface area (Å²) in [6.07, 6.45) is 17.7. The average Bonchev–Trinajstić information content (AvgIpc) is 2.16. The van der Waals surface area contributed by atoms with Crippen molar-refractivity contribution in [1.29, 1.82) is 0 Å². The summed E-state index contributed by atoms with van der Waals surface area (Å²) in [5, 5.41) is 0. The van der Waals surface area contributed by atoms with Gasteiger partial charge in [-0.25, -0.2) is 0 Å². The molecule has 0 saturated carbocycles. The first kappa shape index (κ1) is 12.4. The second-order valence-corrected chi connectivity index (χ2v) is 3.44. The number of ether oxygens (including phenoxy) is 1. The van der Waals surface area contributed by atoms with Crippen LogP contribution in [0.5, 0.6) is 0 Å². The van der Waals surface area contributed by atoms with Gasteiger partial charge in [0.05, 0.1) is 0 Å². The van der Waals surface area contributed by atoms with E-state index in [0.29, 0.717) is 0 Å². The Morgan fingerprint density at radius 3 is 2.00 bits per heavy atom. The minimum absolute atomic E-state index is 0.728. The number of rotatable bonds is 9. The number of terminal acetylenes is 1. The van der Waals surface area contributed by atoms with Crippen LogP contribution in [0.25, 0.3) is 0 Å². The minimum Gasteiger partial charge on any atom is -0.447 e. The van der Waals surface area contributed by atoms with Gasteiger partial charge in [-0.3, -0.25) is 0 Å². The highest BCUT2D eigenvalue weighted by Gasteiger charge is 1.90.